The average molecular weight is 376 g/mol. The Labute approximate surface area is 160 Å². The van der Waals surface area contributed by atoms with E-state index in [-0.39, 0.29) is 5.56 Å². The molecule has 0 saturated heterocycles. The zero-order valence-corrected chi connectivity index (χ0v) is 16.0. The number of hydrogen-bond acceptors (Lipinski definition) is 4. The van der Waals surface area contributed by atoms with Crippen LogP contribution in [0.25, 0.3) is 32.4 Å². The molecule has 0 amide bonds. The van der Waals surface area contributed by atoms with E-state index < -0.39 is 0 Å². The molecule has 4 aromatic rings. The van der Waals surface area contributed by atoms with Gasteiger partial charge in [0.25, 0.3) is 5.56 Å². The summed E-state index contributed by atoms with van der Waals surface area (Å²) in [7, 11) is 1.65. The van der Waals surface area contributed by atoms with Crippen LogP contribution >= 0.6 is 11.3 Å². The lowest BCUT2D eigenvalue weighted by Gasteiger charge is -2.11. The number of H-pyrrole nitrogens is 1. The predicted molar refractivity (Wildman–Crippen MR) is 111 cm³/mol. The number of nitrogens with one attached hydrogen (secondary N) is 1. The van der Waals surface area contributed by atoms with Crippen molar-refractivity contribution in [2.75, 3.05) is 7.11 Å². The number of thiophene rings is 1. The van der Waals surface area contributed by atoms with Gasteiger partial charge in [-0.05, 0) is 48.1 Å². The zero-order valence-electron chi connectivity index (χ0n) is 15.2. The van der Waals surface area contributed by atoms with E-state index in [4.69, 9.17) is 9.72 Å². The van der Waals surface area contributed by atoms with Crippen LogP contribution in [0.4, 0.5) is 0 Å². The number of nitrogens with zero attached hydrogens (tertiary/aromatic N) is 1. The molecule has 5 rings (SSSR count). The summed E-state index contributed by atoms with van der Waals surface area (Å²) in [5, 5.41) is 2.91. The van der Waals surface area contributed by atoms with Gasteiger partial charge in [-0.2, -0.15) is 0 Å². The highest BCUT2D eigenvalue weighted by atomic mass is 32.1. The Hall–Kier alpha value is -2.66. The standard InChI is InChI=1S/C22H20N2O2S/c1-26-16-12-11-13-7-5-6-8-14(13)18(16)20-23-21(25)19-15-9-3-2-4-10-17(15)27-22(19)24-20/h5-8,11-12H,2-4,9-10H2,1H3,(H,23,24,25). The van der Waals surface area contributed by atoms with Crippen LogP contribution in [-0.2, 0) is 12.8 Å². The average Bonchev–Trinajstić information content (AvgIpc) is 2.89. The molecule has 1 aliphatic carbocycles. The number of aryl methyl sites for hydroxylation is 2. The quantitative estimate of drug-likeness (QED) is 0.496. The summed E-state index contributed by atoms with van der Waals surface area (Å²) in [5.41, 5.74) is 2.03. The molecule has 0 radical (unpaired) electrons. The summed E-state index contributed by atoms with van der Waals surface area (Å²) in [6, 6.07) is 12.1. The van der Waals surface area contributed by atoms with E-state index >= 15 is 0 Å². The molecule has 0 aliphatic heterocycles. The minimum atomic E-state index is -0.0376. The molecule has 4 nitrogen and oxygen atoms in total. The number of ether oxygens (including phenoxy) is 1. The van der Waals surface area contributed by atoms with E-state index in [0.717, 1.165) is 45.8 Å². The van der Waals surface area contributed by atoms with Crippen molar-refractivity contribution in [1.29, 1.82) is 0 Å². The second-order valence-corrected chi connectivity index (χ2v) is 8.11. The largest absolute Gasteiger partial charge is 0.496 e. The van der Waals surface area contributed by atoms with E-state index in [1.807, 2.05) is 30.3 Å². The first-order valence-electron chi connectivity index (χ1n) is 9.37. The highest BCUT2D eigenvalue weighted by Gasteiger charge is 2.21. The first-order valence-corrected chi connectivity index (χ1v) is 10.2. The Morgan fingerprint density at radius 1 is 1.07 bits per heavy atom. The van der Waals surface area contributed by atoms with Crippen LogP contribution in [0.1, 0.15) is 29.7 Å². The number of methoxy groups -OCH3 is 1. The molecule has 2 heterocycles. The first kappa shape index (κ1) is 16.5. The van der Waals surface area contributed by atoms with Gasteiger partial charge in [0, 0.05) is 4.88 Å². The maximum absolute atomic E-state index is 13.0. The lowest BCUT2D eigenvalue weighted by Crippen LogP contribution is -2.10. The minimum Gasteiger partial charge on any atom is -0.496 e. The molecule has 2 aromatic carbocycles. The molecule has 136 valence electrons. The molecule has 5 heteroatoms. The number of aromatic nitrogens is 2. The van der Waals surface area contributed by atoms with Crippen LogP contribution in [0.2, 0.25) is 0 Å². The third-order valence-electron chi connectivity index (χ3n) is 5.42. The Morgan fingerprint density at radius 3 is 2.81 bits per heavy atom. The van der Waals surface area contributed by atoms with Crippen molar-refractivity contribution in [1.82, 2.24) is 9.97 Å². The maximum atomic E-state index is 13.0. The van der Waals surface area contributed by atoms with Crippen LogP contribution in [-0.4, -0.2) is 17.1 Å². The molecule has 2 aromatic heterocycles. The summed E-state index contributed by atoms with van der Waals surface area (Å²) >= 11 is 1.68. The van der Waals surface area contributed by atoms with Gasteiger partial charge < -0.3 is 9.72 Å². The van der Waals surface area contributed by atoms with Crippen LogP contribution in [0.5, 0.6) is 5.75 Å². The number of rotatable bonds is 2. The topological polar surface area (TPSA) is 55.0 Å². The van der Waals surface area contributed by atoms with Crippen molar-refractivity contribution in [3.63, 3.8) is 0 Å². The van der Waals surface area contributed by atoms with Gasteiger partial charge in [-0.3, -0.25) is 4.79 Å². The third kappa shape index (κ3) is 2.65. The van der Waals surface area contributed by atoms with E-state index in [9.17, 15) is 4.79 Å². The number of benzene rings is 2. The van der Waals surface area contributed by atoms with Gasteiger partial charge in [-0.15, -0.1) is 11.3 Å². The first-order chi connectivity index (χ1) is 13.3. The fraction of sp³-hybridized carbons (Fsp3) is 0.273. The number of aromatic amines is 1. The van der Waals surface area contributed by atoms with Gasteiger partial charge in [-0.1, -0.05) is 36.8 Å². The summed E-state index contributed by atoms with van der Waals surface area (Å²) in [6.07, 6.45) is 5.62. The minimum absolute atomic E-state index is 0.0376. The van der Waals surface area contributed by atoms with Gasteiger partial charge in [0.1, 0.15) is 16.4 Å². The molecule has 0 bridgehead atoms. The van der Waals surface area contributed by atoms with Crippen molar-refractivity contribution >= 4 is 32.3 Å². The number of hydrogen-bond donors (Lipinski definition) is 1. The Balaban J connectivity index is 1.80. The van der Waals surface area contributed by atoms with Crippen LogP contribution in [0, 0.1) is 0 Å². The lowest BCUT2D eigenvalue weighted by atomic mass is 10.0. The molecular weight excluding hydrogens is 356 g/mol. The van der Waals surface area contributed by atoms with Crippen molar-refractivity contribution in [2.24, 2.45) is 0 Å². The molecular formula is C22H20N2O2S. The van der Waals surface area contributed by atoms with Crippen molar-refractivity contribution in [3.8, 4) is 17.1 Å². The fourth-order valence-electron chi connectivity index (χ4n) is 4.13. The van der Waals surface area contributed by atoms with E-state index in [2.05, 4.69) is 11.1 Å². The van der Waals surface area contributed by atoms with Crippen molar-refractivity contribution < 1.29 is 4.74 Å². The summed E-state index contributed by atoms with van der Waals surface area (Å²) in [6.45, 7) is 0. The second kappa shape index (κ2) is 6.50. The fourth-order valence-corrected chi connectivity index (χ4v) is 5.39. The Bertz CT molecular complexity index is 1220. The molecule has 0 unspecified atom stereocenters. The van der Waals surface area contributed by atoms with E-state index in [1.165, 1.54) is 23.3 Å². The van der Waals surface area contributed by atoms with Gasteiger partial charge in [0.2, 0.25) is 0 Å². The third-order valence-corrected chi connectivity index (χ3v) is 6.61. The molecule has 0 fully saturated rings. The highest BCUT2D eigenvalue weighted by Crippen LogP contribution is 2.37. The Kier molecular flexibility index (Phi) is 3.97. The van der Waals surface area contributed by atoms with E-state index in [0.29, 0.717) is 11.6 Å². The molecule has 27 heavy (non-hydrogen) atoms. The van der Waals surface area contributed by atoms with Crippen LogP contribution in [0.15, 0.2) is 41.2 Å². The Morgan fingerprint density at radius 2 is 1.93 bits per heavy atom. The van der Waals surface area contributed by atoms with Gasteiger partial charge in [-0.25, -0.2) is 4.98 Å². The van der Waals surface area contributed by atoms with Crippen molar-refractivity contribution in [2.45, 2.75) is 32.1 Å². The maximum Gasteiger partial charge on any atom is 0.260 e. The monoisotopic (exact) mass is 376 g/mol. The normalized spacial score (nSPS) is 14.3. The second-order valence-electron chi connectivity index (χ2n) is 7.02. The molecule has 1 N–H and O–H groups in total. The SMILES string of the molecule is COc1ccc2ccccc2c1-c1nc2sc3c(c2c(=O)[nH]1)CCCCC3. The van der Waals surface area contributed by atoms with Gasteiger partial charge >= 0.3 is 0 Å². The smallest absolute Gasteiger partial charge is 0.260 e. The number of fused-ring (bicyclic) bond motifs is 4. The van der Waals surface area contributed by atoms with Gasteiger partial charge in [0.15, 0.2) is 0 Å². The molecule has 1 aliphatic rings. The van der Waals surface area contributed by atoms with Gasteiger partial charge in [0.05, 0.1) is 18.1 Å². The van der Waals surface area contributed by atoms with Crippen LogP contribution in [0.3, 0.4) is 0 Å². The molecule has 0 saturated carbocycles. The summed E-state index contributed by atoms with van der Waals surface area (Å²) in [5.74, 6) is 1.30. The zero-order chi connectivity index (χ0) is 18.4. The molecule has 0 spiro atoms. The predicted octanol–water partition coefficient (Wildman–Crippen LogP) is 5.08. The summed E-state index contributed by atoms with van der Waals surface area (Å²) < 4.78 is 5.60. The van der Waals surface area contributed by atoms with Crippen molar-refractivity contribution in [3.05, 3.63) is 57.2 Å². The molecule has 0 atom stereocenters. The van der Waals surface area contributed by atoms with E-state index in [1.54, 1.807) is 18.4 Å². The van der Waals surface area contributed by atoms with Crippen LogP contribution < -0.4 is 10.3 Å². The summed E-state index contributed by atoms with van der Waals surface area (Å²) in [4.78, 5) is 23.1. The highest BCUT2D eigenvalue weighted by molar-refractivity contribution is 7.18. The lowest BCUT2D eigenvalue weighted by molar-refractivity contribution is 0.416.